The van der Waals surface area contributed by atoms with Crippen molar-refractivity contribution in [2.75, 3.05) is 26.3 Å². The van der Waals surface area contributed by atoms with Crippen molar-refractivity contribution in [1.82, 2.24) is 29.9 Å². The number of thiophene rings is 1. The summed E-state index contributed by atoms with van der Waals surface area (Å²) in [7, 11) is 1.92. The van der Waals surface area contributed by atoms with Crippen LogP contribution in [0.3, 0.4) is 0 Å². The van der Waals surface area contributed by atoms with Crippen LogP contribution in [-0.4, -0.2) is 62.1 Å². The highest BCUT2D eigenvalue weighted by Crippen LogP contribution is 2.45. The second-order valence-electron chi connectivity index (χ2n) is 8.37. The molecule has 2 aliphatic carbocycles. The number of amides is 1. The highest BCUT2D eigenvalue weighted by Gasteiger charge is 2.29. The molecule has 1 aliphatic heterocycles. The summed E-state index contributed by atoms with van der Waals surface area (Å²) < 4.78 is 7.19. The fourth-order valence-corrected chi connectivity index (χ4v) is 6.57. The SMILES string of the molecule is Cn1ncc2c1=CC(c1n[nH]c3c1Cc1sc(-c4csc(C(=O)N5CCOCC5)n4)cc1-3)=C=C=2. The largest absolute Gasteiger partial charge is 0.378 e. The van der Waals surface area contributed by atoms with Crippen LogP contribution in [0.5, 0.6) is 0 Å². The molecule has 168 valence electrons. The van der Waals surface area contributed by atoms with E-state index in [1.165, 1.54) is 21.8 Å². The second kappa shape index (κ2) is 7.50. The van der Waals surface area contributed by atoms with E-state index in [-0.39, 0.29) is 5.91 Å². The molecule has 4 aromatic rings. The molecule has 8 nitrogen and oxygen atoms in total. The van der Waals surface area contributed by atoms with Gasteiger partial charge in [-0.1, -0.05) is 11.5 Å². The van der Waals surface area contributed by atoms with Crippen LogP contribution in [0, 0.1) is 0 Å². The molecule has 1 saturated heterocycles. The molecular weight excluding hydrogens is 468 g/mol. The fourth-order valence-electron chi connectivity index (χ4n) is 4.58. The first-order valence-electron chi connectivity index (χ1n) is 10.9. The van der Waals surface area contributed by atoms with E-state index in [9.17, 15) is 4.79 Å². The molecule has 0 atom stereocenters. The van der Waals surface area contributed by atoms with Crippen LogP contribution >= 0.6 is 22.7 Å². The van der Waals surface area contributed by atoms with Gasteiger partial charge in [-0.3, -0.25) is 14.6 Å². The lowest BCUT2D eigenvalue weighted by Crippen LogP contribution is -2.40. The number of hydrogen-bond donors (Lipinski definition) is 1. The average Bonchev–Trinajstić information content (AvgIpc) is 3.66. The monoisotopic (exact) mass is 486 g/mol. The van der Waals surface area contributed by atoms with Crippen LogP contribution < -0.4 is 10.6 Å². The number of aromatic amines is 1. The Hall–Kier alpha value is -3.52. The number of H-pyrrole nitrogens is 1. The molecule has 34 heavy (non-hydrogen) atoms. The number of carbonyl (C=O) groups excluding carboxylic acids is 1. The van der Waals surface area contributed by atoms with Crippen molar-refractivity contribution >= 4 is 46.0 Å². The Morgan fingerprint density at radius 3 is 3.03 bits per heavy atom. The van der Waals surface area contributed by atoms with E-state index in [0.29, 0.717) is 31.3 Å². The number of morpholine rings is 1. The Morgan fingerprint density at radius 1 is 1.26 bits per heavy atom. The Morgan fingerprint density at radius 2 is 2.15 bits per heavy atom. The molecule has 1 N–H and O–H groups in total. The molecule has 5 heterocycles. The molecule has 0 bridgehead atoms. The molecule has 10 heteroatoms. The minimum absolute atomic E-state index is 0.0115. The van der Waals surface area contributed by atoms with Gasteiger partial charge >= 0.3 is 0 Å². The van der Waals surface area contributed by atoms with Crippen LogP contribution in [0.15, 0.2) is 23.4 Å². The highest BCUT2D eigenvalue weighted by molar-refractivity contribution is 7.17. The van der Waals surface area contributed by atoms with Crippen LogP contribution in [-0.2, 0) is 18.2 Å². The van der Waals surface area contributed by atoms with Crippen molar-refractivity contribution in [2.24, 2.45) is 7.05 Å². The lowest BCUT2D eigenvalue weighted by atomic mass is 10.1. The smallest absolute Gasteiger partial charge is 0.283 e. The van der Waals surface area contributed by atoms with Crippen LogP contribution in [0.4, 0.5) is 0 Å². The summed E-state index contributed by atoms with van der Waals surface area (Å²) in [5, 5.41) is 16.6. The van der Waals surface area contributed by atoms with E-state index >= 15 is 0 Å². The van der Waals surface area contributed by atoms with Gasteiger partial charge in [0.25, 0.3) is 5.91 Å². The molecule has 7 rings (SSSR count). The Balaban J connectivity index is 1.19. The first-order valence-corrected chi connectivity index (χ1v) is 12.6. The third-order valence-corrected chi connectivity index (χ3v) is 8.36. The molecule has 4 aromatic heterocycles. The molecule has 1 amide bonds. The highest BCUT2D eigenvalue weighted by atomic mass is 32.1. The van der Waals surface area contributed by atoms with E-state index < -0.39 is 0 Å². The number of thiazole rings is 1. The van der Waals surface area contributed by atoms with Crippen LogP contribution in [0.1, 0.15) is 25.9 Å². The predicted octanol–water partition coefficient (Wildman–Crippen LogP) is 1.78. The summed E-state index contributed by atoms with van der Waals surface area (Å²) in [5.74, 6) is -0.0115. The van der Waals surface area contributed by atoms with E-state index in [1.807, 2.05) is 22.0 Å². The van der Waals surface area contributed by atoms with Crippen molar-refractivity contribution < 1.29 is 9.53 Å². The van der Waals surface area contributed by atoms with Gasteiger partial charge in [-0.05, 0) is 12.1 Å². The number of carbonyl (C=O) groups is 1. The van der Waals surface area contributed by atoms with Crippen molar-refractivity contribution in [3.8, 4) is 21.8 Å². The lowest BCUT2D eigenvalue weighted by Gasteiger charge is -2.25. The van der Waals surface area contributed by atoms with E-state index in [2.05, 4.69) is 43.9 Å². The molecular formula is C24H18N6O2S2. The number of ether oxygens (including phenoxy) is 1. The Bertz CT molecular complexity index is 1680. The molecule has 3 aliphatic rings. The number of hydrogen-bond acceptors (Lipinski definition) is 7. The van der Waals surface area contributed by atoms with Gasteiger partial charge in [0.1, 0.15) is 5.69 Å². The Kier molecular flexibility index (Phi) is 4.39. The quantitative estimate of drug-likeness (QED) is 0.393. The van der Waals surface area contributed by atoms with Crippen molar-refractivity contribution in [3.63, 3.8) is 0 Å². The predicted molar refractivity (Wildman–Crippen MR) is 130 cm³/mol. The zero-order chi connectivity index (χ0) is 22.8. The van der Waals surface area contributed by atoms with Gasteiger partial charge in [0.15, 0.2) is 5.01 Å². The first kappa shape index (κ1) is 19.9. The van der Waals surface area contributed by atoms with Gasteiger partial charge in [0, 0.05) is 47.9 Å². The second-order valence-corrected chi connectivity index (χ2v) is 10.4. The van der Waals surface area contributed by atoms with Gasteiger partial charge in [-0.2, -0.15) is 10.2 Å². The minimum atomic E-state index is -0.0115. The number of aryl methyl sites for hydroxylation is 1. The zero-order valence-electron chi connectivity index (χ0n) is 18.2. The molecule has 0 aromatic carbocycles. The number of nitrogens with zero attached hydrogens (tertiary/aromatic N) is 5. The minimum Gasteiger partial charge on any atom is -0.378 e. The van der Waals surface area contributed by atoms with Gasteiger partial charge in [-0.25, -0.2) is 4.98 Å². The summed E-state index contributed by atoms with van der Waals surface area (Å²) >= 11 is 3.13. The number of fused-ring (bicyclic) bond motifs is 4. The maximum atomic E-state index is 12.8. The molecule has 0 unspecified atom stereocenters. The third kappa shape index (κ3) is 3.01. The fraction of sp³-hybridized carbons (Fsp3) is 0.250. The summed E-state index contributed by atoms with van der Waals surface area (Å²) in [6.45, 7) is 2.41. The van der Waals surface area contributed by atoms with Crippen molar-refractivity contribution in [2.45, 2.75) is 6.42 Å². The average molecular weight is 487 g/mol. The van der Waals surface area contributed by atoms with E-state index in [4.69, 9.17) is 4.74 Å². The topological polar surface area (TPSA) is 88.9 Å². The summed E-state index contributed by atoms with van der Waals surface area (Å²) in [4.78, 5) is 21.6. The molecule has 0 radical (unpaired) electrons. The molecule has 1 fully saturated rings. The Labute approximate surface area is 201 Å². The third-order valence-electron chi connectivity index (χ3n) is 6.37. The van der Waals surface area contributed by atoms with Crippen molar-refractivity contribution in [1.29, 1.82) is 0 Å². The maximum absolute atomic E-state index is 12.8. The number of nitrogens with one attached hydrogen (secondary N) is 1. The van der Waals surface area contributed by atoms with Gasteiger partial charge < -0.3 is 9.64 Å². The van der Waals surface area contributed by atoms with Gasteiger partial charge in [0.05, 0.1) is 51.8 Å². The first-order chi connectivity index (χ1) is 16.7. The van der Waals surface area contributed by atoms with E-state index in [1.54, 1.807) is 17.5 Å². The normalized spacial score (nSPS) is 15.9. The van der Waals surface area contributed by atoms with Crippen LogP contribution in [0.2, 0.25) is 0 Å². The number of aromatic nitrogens is 5. The molecule has 0 saturated carbocycles. The zero-order valence-corrected chi connectivity index (χ0v) is 19.8. The molecule has 0 spiro atoms. The lowest BCUT2D eigenvalue weighted by molar-refractivity contribution is 0.0303. The van der Waals surface area contributed by atoms with Crippen LogP contribution in [0.25, 0.3) is 39.2 Å². The number of allylic oxidation sites excluding steroid dienone is 1. The summed E-state index contributed by atoms with van der Waals surface area (Å²) in [6, 6.07) is 2.16. The van der Waals surface area contributed by atoms with E-state index in [0.717, 1.165) is 50.1 Å². The maximum Gasteiger partial charge on any atom is 0.283 e. The number of rotatable bonds is 3. The van der Waals surface area contributed by atoms with Gasteiger partial charge in [-0.15, -0.1) is 22.7 Å². The summed E-state index contributed by atoms with van der Waals surface area (Å²) in [6.07, 6.45) is 4.67. The summed E-state index contributed by atoms with van der Waals surface area (Å²) in [5.41, 5.74) is 12.5. The standard InChI is InChI=1S/C24H18N6O2S2/c1-29-18-8-13(2-3-14(18)11-25-29)21-16-10-19-15(22(16)28-27-21)9-20(34-19)17-12-33-23(26-17)24(31)30-4-6-32-7-5-30/h8-9,11-12H,4-7,10H2,1H3,(H,27,28). The van der Waals surface area contributed by atoms with Gasteiger partial charge in [0.2, 0.25) is 0 Å². The van der Waals surface area contributed by atoms with Crippen molar-refractivity contribution in [3.05, 3.63) is 55.1 Å².